The van der Waals surface area contributed by atoms with Crippen LogP contribution in [0, 0.1) is 5.92 Å². The lowest BCUT2D eigenvalue weighted by Gasteiger charge is -2.11. The van der Waals surface area contributed by atoms with Crippen LogP contribution in [0.4, 0.5) is 32.0 Å². The molecule has 14 heteroatoms. The Balaban J connectivity index is 1.79. The summed E-state index contributed by atoms with van der Waals surface area (Å²) < 4.78 is 74.9. The molecule has 2 amide bonds. The number of anilines is 1. The van der Waals surface area contributed by atoms with Gasteiger partial charge in [-0.3, -0.25) is 9.59 Å². The SMILES string of the molecule is O=C(NCC(F)(F)F)c1cc(NC(=O)C2C(c3cc(Br)cc(C(F)(F)F)c3)C2(Cl)Cl)ccc1Cl. The average Bonchev–Trinajstić information content (AvgIpc) is 3.28. The zero-order valence-corrected chi connectivity index (χ0v) is 20.3. The summed E-state index contributed by atoms with van der Waals surface area (Å²) in [6.07, 6.45) is -9.28. The van der Waals surface area contributed by atoms with E-state index >= 15 is 0 Å². The lowest BCUT2D eigenvalue weighted by Crippen LogP contribution is -2.33. The number of carbonyl (C=O) groups excluding carboxylic acids is 2. The van der Waals surface area contributed by atoms with E-state index in [1.54, 1.807) is 5.32 Å². The third-order valence-corrected chi connectivity index (χ3v) is 6.60. The van der Waals surface area contributed by atoms with Gasteiger partial charge in [-0.25, -0.2) is 0 Å². The monoisotopic (exact) mass is 610 g/mol. The summed E-state index contributed by atoms with van der Waals surface area (Å²) in [6, 6.07) is 6.58. The van der Waals surface area contributed by atoms with E-state index in [2.05, 4.69) is 21.2 Å². The lowest BCUT2D eigenvalue weighted by molar-refractivity contribution is -0.137. The molecule has 1 aliphatic carbocycles. The average molecular weight is 613 g/mol. The highest BCUT2D eigenvalue weighted by molar-refractivity contribution is 9.10. The molecule has 1 aliphatic rings. The first-order valence-corrected chi connectivity index (χ1v) is 11.1. The highest BCUT2D eigenvalue weighted by Gasteiger charge is 2.67. The Morgan fingerprint density at radius 3 is 2.26 bits per heavy atom. The van der Waals surface area contributed by atoms with Gasteiger partial charge in [0.25, 0.3) is 5.91 Å². The first-order valence-electron chi connectivity index (χ1n) is 9.21. The van der Waals surface area contributed by atoms with Crippen molar-refractivity contribution in [1.82, 2.24) is 5.32 Å². The van der Waals surface area contributed by atoms with Crippen LogP contribution in [0.1, 0.15) is 27.4 Å². The lowest BCUT2D eigenvalue weighted by atomic mass is 10.0. The highest BCUT2D eigenvalue weighted by Crippen LogP contribution is 2.65. The van der Waals surface area contributed by atoms with E-state index in [4.69, 9.17) is 34.8 Å². The number of rotatable bonds is 5. The Bertz CT molecular complexity index is 1140. The second kappa shape index (κ2) is 9.40. The number of amides is 2. The molecular weight excluding hydrogens is 600 g/mol. The standard InChI is InChI=1S/C20H12BrCl3F6N2O2/c21-10-4-8(3-9(5-10)20(28,29)30)14-15(19(14,23)24)17(34)32-11-1-2-13(22)12(6-11)16(33)31-7-18(25,26)27/h1-6,14-15H,7H2,(H,31,33)(H,32,34). The molecule has 0 aromatic heterocycles. The Morgan fingerprint density at radius 1 is 1.03 bits per heavy atom. The number of hydrogen-bond donors (Lipinski definition) is 2. The fourth-order valence-electron chi connectivity index (χ4n) is 3.30. The molecule has 184 valence electrons. The van der Waals surface area contributed by atoms with E-state index in [1.807, 2.05) is 0 Å². The van der Waals surface area contributed by atoms with E-state index in [0.717, 1.165) is 18.2 Å². The third-order valence-electron chi connectivity index (χ3n) is 4.87. The van der Waals surface area contributed by atoms with Crippen LogP contribution < -0.4 is 10.6 Å². The first kappa shape index (κ1) is 26.9. The van der Waals surface area contributed by atoms with Crippen LogP contribution >= 0.6 is 50.7 Å². The summed E-state index contributed by atoms with van der Waals surface area (Å²) in [7, 11) is 0. The van der Waals surface area contributed by atoms with Gasteiger partial charge in [-0.15, -0.1) is 23.2 Å². The molecule has 2 unspecified atom stereocenters. The molecule has 4 nitrogen and oxygen atoms in total. The minimum Gasteiger partial charge on any atom is -0.343 e. The van der Waals surface area contributed by atoms with Crippen molar-refractivity contribution in [2.45, 2.75) is 22.6 Å². The van der Waals surface area contributed by atoms with E-state index in [9.17, 15) is 35.9 Å². The molecule has 2 aromatic carbocycles. The summed E-state index contributed by atoms with van der Waals surface area (Å²) in [5.74, 6) is -4.02. The van der Waals surface area contributed by atoms with E-state index in [-0.39, 0.29) is 26.3 Å². The molecule has 2 N–H and O–H groups in total. The molecule has 3 rings (SSSR count). The molecule has 0 saturated heterocycles. The molecule has 0 bridgehead atoms. The maximum Gasteiger partial charge on any atom is 0.416 e. The predicted octanol–water partition coefficient (Wildman–Crippen LogP) is 6.94. The molecule has 2 atom stereocenters. The van der Waals surface area contributed by atoms with Crippen molar-refractivity contribution in [1.29, 1.82) is 0 Å². The second-order valence-corrected chi connectivity index (χ2v) is 10.1. The minimum atomic E-state index is -4.64. The first-order chi connectivity index (χ1) is 15.5. The predicted molar refractivity (Wildman–Crippen MR) is 118 cm³/mol. The summed E-state index contributed by atoms with van der Waals surface area (Å²) in [5.41, 5.74) is -1.22. The zero-order chi connectivity index (χ0) is 25.6. The maximum absolute atomic E-state index is 13.2. The van der Waals surface area contributed by atoms with Gasteiger partial charge in [0.05, 0.1) is 22.1 Å². The van der Waals surface area contributed by atoms with E-state index in [1.165, 1.54) is 18.2 Å². The Kier molecular flexibility index (Phi) is 7.44. The van der Waals surface area contributed by atoms with Crippen LogP contribution in [0.15, 0.2) is 40.9 Å². The number of halogens is 10. The van der Waals surface area contributed by atoms with Crippen molar-refractivity contribution in [3.8, 4) is 0 Å². The molecular formula is C20H12BrCl3F6N2O2. The van der Waals surface area contributed by atoms with Gasteiger partial charge in [0.15, 0.2) is 0 Å². The van der Waals surface area contributed by atoms with Gasteiger partial charge >= 0.3 is 12.4 Å². The van der Waals surface area contributed by atoms with Gasteiger partial charge in [-0.1, -0.05) is 27.5 Å². The van der Waals surface area contributed by atoms with Crippen LogP contribution in [0.25, 0.3) is 0 Å². The Labute approximate surface area is 212 Å². The molecule has 2 aromatic rings. The van der Waals surface area contributed by atoms with Crippen molar-refractivity contribution < 1.29 is 35.9 Å². The second-order valence-electron chi connectivity index (χ2n) is 7.38. The number of nitrogens with one attached hydrogen (secondary N) is 2. The van der Waals surface area contributed by atoms with Gasteiger partial charge < -0.3 is 10.6 Å². The third kappa shape index (κ3) is 6.10. The molecule has 0 spiro atoms. The van der Waals surface area contributed by atoms with Gasteiger partial charge in [-0.2, -0.15) is 26.3 Å². The number of carbonyl (C=O) groups is 2. The summed E-state index contributed by atoms with van der Waals surface area (Å²) >= 11 is 21.3. The Morgan fingerprint density at radius 2 is 1.68 bits per heavy atom. The molecule has 34 heavy (non-hydrogen) atoms. The van der Waals surface area contributed by atoms with E-state index < -0.39 is 52.4 Å². The van der Waals surface area contributed by atoms with Crippen molar-refractivity contribution >= 4 is 68.2 Å². The number of benzene rings is 2. The van der Waals surface area contributed by atoms with Crippen molar-refractivity contribution in [3.05, 3.63) is 62.6 Å². The zero-order valence-electron chi connectivity index (χ0n) is 16.4. The highest BCUT2D eigenvalue weighted by atomic mass is 79.9. The molecule has 0 radical (unpaired) electrons. The number of hydrogen-bond acceptors (Lipinski definition) is 2. The topological polar surface area (TPSA) is 58.2 Å². The summed E-state index contributed by atoms with van der Waals surface area (Å²) in [4.78, 5) is 24.8. The van der Waals surface area contributed by atoms with Crippen LogP contribution in [0.2, 0.25) is 5.02 Å². The molecule has 1 saturated carbocycles. The van der Waals surface area contributed by atoms with Crippen LogP contribution in [0.3, 0.4) is 0 Å². The maximum atomic E-state index is 13.2. The Hall–Kier alpha value is -1.69. The quantitative estimate of drug-likeness (QED) is 0.284. The van der Waals surface area contributed by atoms with Gasteiger partial charge in [0.1, 0.15) is 10.9 Å². The minimum absolute atomic E-state index is 0.00781. The van der Waals surface area contributed by atoms with Crippen molar-refractivity contribution in [3.63, 3.8) is 0 Å². The molecule has 0 aliphatic heterocycles. The molecule has 0 heterocycles. The van der Waals surface area contributed by atoms with Crippen LogP contribution in [-0.4, -0.2) is 28.9 Å². The summed E-state index contributed by atoms with van der Waals surface area (Å²) in [5, 5.41) is 3.90. The fraction of sp³-hybridized carbons (Fsp3) is 0.300. The van der Waals surface area contributed by atoms with Crippen LogP contribution in [0.5, 0.6) is 0 Å². The fourth-order valence-corrected chi connectivity index (χ4v) is 4.84. The van der Waals surface area contributed by atoms with Gasteiger partial charge in [0, 0.05) is 16.1 Å². The smallest absolute Gasteiger partial charge is 0.343 e. The van der Waals surface area contributed by atoms with Crippen LogP contribution in [-0.2, 0) is 11.0 Å². The van der Waals surface area contributed by atoms with Gasteiger partial charge in [0.2, 0.25) is 5.91 Å². The van der Waals surface area contributed by atoms with Gasteiger partial charge in [-0.05, 0) is 42.0 Å². The largest absolute Gasteiger partial charge is 0.416 e. The summed E-state index contributed by atoms with van der Waals surface area (Å²) in [6.45, 7) is -1.59. The van der Waals surface area contributed by atoms with Crippen molar-refractivity contribution in [2.24, 2.45) is 5.92 Å². The number of alkyl halides is 8. The molecule has 1 fully saturated rings. The normalized spacial score (nSPS) is 19.5. The van der Waals surface area contributed by atoms with Crippen molar-refractivity contribution in [2.75, 3.05) is 11.9 Å². The van der Waals surface area contributed by atoms with E-state index in [0.29, 0.717) is 0 Å².